The fourth-order valence-corrected chi connectivity index (χ4v) is 3.33. The van der Waals surface area contributed by atoms with E-state index in [2.05, 4.69) is 22.8 Å². The van der Waals surface area contributed by atoms with Crippen molar-refractivity contribution in [2.24, 2.45) is 5.92 Å². The van der Waals surface area contributed by atoms with Crippen LogP contribution in [0.5, 0.6) is 0 Å². The Balaban J connectivity index is 1.39. The topological polar surface area (TPSA) is 61.4 Å². The van der Waals surface area contributed by atoms with E-state index in [0.29, 0.717) is 43.2 Å². The van der Waals surface area contributed by atoms with Gasteiger partial charge in [-0.3, -0.25) is 4.79 Å². The smallest absolute Gasteiger partial charge is 0.321 e. The second-order valence-electron chi connectivity index (χ2n) is 6.72. The molecule has 142 valence electrons. The van der Waals surface area contributed by atoms with Crippen LogP contribution in [0.1, 0.15) is 18.4 Å². The van der Waals surface area contributed by atoms with Crippen molar-refractivity contribution < 1.29 is 9.59 Å². The summed E-state index contributed by atoms with van der Waals surface area (Å²) in [5, 5.41) is 6.51. The van der Waals surface area contributed by atoms with Crippen LogP contribution in [-0.2, 0) is 11.2 Å². The van der Waals surface area contributed by atoms with Gasteiger partial charge in [0.15, 0.2) is 0 Å². The molecule has 2 aromatic carbocycles. The number of rotatable bonds is 5. The average molecular weight is 386 g/mol. The van der Waals surface area contributed by atoms with Crippen molar-refractivity contribution in [2.45, 2.75) is 19.3 Å². The maximum atomic E-state index is 12.3. The minimum atomic E-state index is -0.139. The molecule has 0 aliphatic carbocycles. The Morgan fingerprint density at radius 2 is 1.67 bits per heavy atom. The summed E-state index contributed by atoms with van der Waals surface area (Å²) < 4.78 is 0. The first-order valence-corrected chi connectivity index (χ1v) is 9.63. The summed E-state index contributed by atoms with van der Waals surface area (Å²) in [5.74, 6) is 0.0593. The third-order valence-electron chi connectivity index (χ3n) is 4.80. The van der Waals surface area contributed by atoms with Gasteiger partial charge >= 0.3 is 6.03 Å². The molecule has 2 N–H and O–H groups in total. The first kappa shape index (κ1) is 19.2. The number of piperidine rings is 1. The molecule has 1 aliphatic rings. The Kier molecular flexibility index (Phi) is 6.71. The Morgan fingerprint density at radius 3 is 2.33 bits per heavy atom. The molecule has 6 heteroatoms. The second kappa shape index (κ2) is 9.42. The van der Waals surface area contributed by atoms with Crippen molar-refractivity contribution in [3.8, 4) is 0 Å². The van der Waals surface area contributed by atoms with Gasteiger partial charge in [-0.2, -0.15) is 0 Å². The zero-order valence-electron chi connectivity index (χ0n) is 15.2. The SMILES string of the molecule is O=C(NCCc1ccccc1)C1CCN(C(=O)Nc2ccc(Cl)cc2)CC1. The number of nitrogens with one attached hydrogen (secondary N) is 2. The second-order valence-corrected chi connectivity index (χ2v) is 7.16. The predicted molar refractivity (Wildman–Crippen MR) is 108 cm³/mol. The van der Waals surface area contributed by atoms with E-state index in [9.17, 15) is 9.59 Å². The molecular weight excluding hydrogens is 362 g/mol. The van der Waals surface area contributed by atoms with Crippen LogP contribution >= 0.6 is 11.6 Å². The van der Waals surface area contributed by atoms with Crippen LogP contribution in [-0.4, -0.2) is 36.5 Å². The van der Waals surface area contributed by atoms with E-state index in [1.807, 2.05) is 18.2 Å². The summed E-state index contributed by atoms with van der Waals surface area (Å²) in [5.41, 5.74) is 1.93. The molecule has 2 aromatic rings. The molecule has 1 fully saturated rings. The van der Waals surface area contributed by atoms with Crippen molar-refractivity contribution in [1.29, 1.82) is 0 Å². The molecule has 0 radical (unpaired) electrons. The minimum Gasteiger partial charge on any atom is -0.356 e. The molecule has 0 spiro atoms. The van der Waals surface area contributed by atoms with Crippen molar-refractivity contribution in [2.75, 3.05) is 25.0 Å². The number of hydrogen-bond donors (Lipinski definition) is 2. The van der Waals surface area contributed by atoms with Crippen LogP contribution in [0.4, 0.5) is 10.5 Å². The monoisotopic (exact) mass is 385 g/mol. The molecular formula is C21H24ClN3O2. The maximum absolute atomic E-state index is 12.3. The standard InChI is InChI=1S/C21H24ClN3O2/c22-18-6-8-19(9-7-18)24-21(27)25-14-11-17(12-15-25)20(26)23-13-10-16-4-2-1-3-5-16/h1-9,17H,10-15H2,(H,23,26)(H,24,27). The number of nitrogens with zero attached hydrogens (tertiary/aromatic N) is 1. The van der Waals surface area contributed by atoms with Gasteiger partial charge in [0.25, 0.3) is 0 Å². The molecule has 1 heterocycles. The van der Waals surface area contributed by atoms with Crippen LogP contribution in [0.3, 0.4) is 0 Å². The van der Waals surface area contributed by atoms with Crippen molar-refractivity contribution in [3.63, 3.8) is 0 Å². The number of carbonyl (C=O) groups is 2. The minimum absolute atomic E-state index is 0.0274. The zero-order chi connectivity index (χ0) is 19.1. The van der Waals surface area contributed by atoms with Gasteiger partial charge in [0.1, 0.15) is 0 Å². The molecule has 27 heavy (non-hydrogen) atoms. The lowest BCUT2D eigenvalue weighted by molar-refractivity contribution is -0.126. The fraction of sp³-hybridized carbons (Fsp3) is 0.333. The molecule has 0 aromatic heterocycles. The van der Waals surface area contributed by atoms with Crippen LogP contribution < -0.4 is 10.6 Å². The fourth-order valence-electron chi connectivity index (χ4n) is 3.20. The molecule has 1 aliphatic heterocycles. The lowest BCUT2D eigenvalue weighted by Crippen LogP contribution is -2.44. The number of likely N-dealkylation sites (tertiary alicyclic amines) is 1. The Hall–Kier alpha value is -2.53. The lowest BCUT2D eigenvalue weighted by Gasteiger charge is -2.31. The molecule has 5 nitrogen and oxygen atoms in total. The lowest BCUT2D eigenvalue weighted by atomic mass is 9.96. The van der Waals surface area contributed by atoms with E-state index in [-0.39, 0.29) is 17.9 Å². The van der Waals surface area contributed by atoms with Crippen molar-refractivity contribution in [1.82, 2.24) is 10.2 Å². The van der Waals surface area contributed by atoms with Gasteiger partial charge in [-0.1, -0.05) is 41.9 Å². The number of amides is 3. The van der Waals surface area contributed by atoms with E-state index in [0.717, 1.165) is 6.42 Å². The number of anilines is 1. The third-order valence-corrected chi connectivity index (χ3v) is 5.06. The Bertz CT molecular complexity index is 757. The summed E-state index contributed by atoms with van der Waals surface area (Å²) in [6, 6.07) is 17.0. The van der Waals surface area contributed by atoms with Crippen LogP contribution in [0, 0.1) is 5.92 Å². The normalized spacial score (nSPS) is 14.6. The van der Waals surface area contributed by atoms with Crippen LogP contribution in [0.2, 0.25) is 5.02 Å². The molecule has 0 unspecified atom stereocenters. The van der Waals surface area contributed by atoms with Gasteiger partial charge in [-0.05, 0) is 49.1 Å². The number of halogens is 1. The summed E-state index contributed by atoms with van der Waals surface area (Å²) >= 11 is 5.85. The van der Waals surface area contributed by atoms with Gasteiger partial charge in [-0.25, -0.2) is 4.79 Å². The Labute approximate surface area is 164 Å². The number of benzene rings is 2. The number of urea groups is 1. The van der Waals surface area contributed by atoms with Crippen molar-refractivity contribution >= 4 is 29.2 Å². The van der Waals surface area contributed by atoms with E-state index in [1.165, 1.54) is 5.56 Å². The summed E-state index contributed by atoms with van der Waals surface area (Å²) in [7, 11) is 0. The van der Waals surface area contributed by atoms with Gasteiger partial charge in [0.05, 0.1) is 0 Å². The average Bonchev–Trinajstić information content (AvgIpc) is 2.70. The van der Waals surface area contributed by atoms with E-state index >= 15 is 0 Å². The van der Waals surface area contributed by atoms with Gasteiger partial charge in [0, 0.05) is 36.3 Å². The molecule has 3 rings (SSSR count). The summed E-state index contributed by atoms with van der Waals surface area (Å²) in [6.07, 6.45) is 2.20. The molecule has 0 bridgehead atoms. The largest absolute Gasteiger partial charge is 0.356 e. The first-order valence-electron chi connectivity index (χ1n) is 9.25. The summed E-state index contributed by atoms with van der Waals surface area (Å²) in [4.78, 5) is 26.4. The van der Waals surface area contributed by atoms with Gasteiger partial charge in [-0.15, -0.1) is 0 Å². The van der Waals surface area contributed by atoms with Crippen LogP contribution in [0.25, 0.3) is 0 Å². The van der Waals surface area contributed by atoms with Gasteiger partial charge in [0.2, 0.25) is 5.91 Å². The number of carbonyl (C=O) groups excluding carboxylic acids is 2. The highest BCUT2D eigenvalue weighted by Gasteiger charge is 2.27. The highest BCUT2D eigenvalue weighted by molar-refractivity contribution is 6.30. The molecule has 1 saturated heterocycles. The van der Waals surface area contributed by atoms with E-state index in [4.69, 9.17) is 11.6 Å². The van der Waals surface area contributed by atoms with E-state index < -0.39 is 0 Å². The number of hydrogen-bond acceptors (Lipinski definition) is 2. The maximum Gasteiger partial charge on any atom is 0.321 e. The predicted octanol–water partition coefficient (Wildman–Crippen LogP) is 3.94. The third kappa shape index (κ3) is 5.73. The van der Waals surface area contributed by atoms with E-state index in [1.54, 1.807) is 29.2 Å². The van der Waals surface area contributed by atoms with Crippen molar-refractivity contribution in [3.05, 3.63) is 65.2 Å². The highest BCUT2D eigenvalue weighted by Crippen LogP contribution is 2.19. The molecule has 0 atom stereocenters. The summed E-state index contributed by atoms with van der Waals surface area (Å²) in [6.45, 7) is 1.80. The molecule has 0 saturated carbocycles. The van der Waals surface area contributed by atoms with Gasteiger partial charge < -0.3 is 15.5 Å². The Morgan fingerprint density at radius 1 is 1.00 bits per heavy atom. The van der Waals surface area contributed by atoms with Crippen LogP contribution in [0.15, 0.2) is 54.6 Å². The molecule has 3 amide bonds. The zero-order valence-corrected chi connectivity index (χ0v) is 15.9. The highest BCUT2D eigenvalue weighted by atomic mass is 35.5. The first-order chi connectivity index (χ1) is 13.1. The quantitative estimate of drug-likeness (QED) is 0.818.